The molecule has 1 unspecified atom stereocenters. The van der Waals surface area contributed by atoms with Crippen LogP contribution in [0.5, 0.6) is 11.5 Å². The van der Waals surface area contributed by atoms with E-state index in [1.165, 1.54) is 12.5 Å². The lowest BCUT2D eigenvalue weighted by molar-refractivity contribution is -0.147. The molecule has 1 atom stereocenters. The highest BCUT2D eigenvalue weighted by molar-refractivity contribution is 14.1. The van der Waals surface area contributed by atoms with E-state index in [0.717, 1.165) is 21.2 Å². The Morgan fingerprint density at radius 3 is 2.19 bits per heavy atom. The molecule has 0 heterocycles. The molecule has 0 saturated heterocycles. The van der Waals surface area contributed by atoms with Gasteiger partial charge in [0, 0.05) is 29.1 Å². The summed E-state index contributed by atoms with van der Waals surface area (Å²) in [6.07, 6.45) is -0.432. The number of nitrogens with zero attached hydrogens (tertiary/aromatic N) is 1. The number of likely N-dealkylation sites (N-methyl/N-ethyl adjacent to an activating group) is 1. The van der Waals surface area contributed by atoms with Gasteiger partial charge in [-0.3, -0.25) is 9.69 Å². The van der Waals surface area contributed by atoms with Crippen molar-refractivity contribution in [3.63, 3.8) is 0 Å². The van der Waals surface area contributed by atoms with Crippen molar-refractivity contribution in [2.75, 3.05) is 20.7 Å². The SMILES string of the molecule is COc1cc(I)c(C(CN(C)Cc2ccccc2)OC(C)=O)cc1OCc1ccccc1. The predicted octanol–water partition coefficient (Wildman–Crippen LogP) is 5.62. The molecule has 0 aliphatic carbocycles. The van der Waals surface area contributed by atoms with Crippen LogP contribution >= 0.6 is 22.6 Å². The molecule has 3 rings (SSSR count). The smallest absolute Gasteiger partial charge is 0.303 e. The minimum atomic E-state index is -0.432. The number of esters is 1. The van der Waals surface area contributed by atoms with Gasteiger partial charge in [-0.05, 0) is 52.9 Å². The van der Waals surface area contributed by atoms with Crippen LogP contribution in [0.1, 0.15) is 29.7 Å². The molecule has 0 aliphatic rings. The fraction of sp³-hybridized carbons (Fsp3) is 0.269. The molecule has 0 saturated carbocycles. The summed E-state index contributed by atoms with van der Waals surface area (Å²) in [4.78, 5) is 14.0. The van der Waals surface area contributed by atoms with E-state index in [0.29, 0.717) is 24.7 Å². The fourth-order valence-corrected chi connectivity index (χ4v) is 4.23. The van der Waals surface area contributed by atoms with Crippen molar-refractivity contribution in [2.24, 2.45) is 0 Å². The normalized spacial score (nSPS) is 11.8. The second-order valence-corrected chi connectivity index (χ2v) is 8.74. The lowest BCUT2D eigenvalue weighted by Crippen LogP contribution is -2.27. The molecular weight excluding hydrogens is 517 g/mol. The van der Waals surface area contributed by atoms with Gasteiger partial charge in [-0.1, -0.05) is 60.7 Å². The van der Waals surface area contributed by atoms with Crippen LogP contribution in [0.4, 0.5) is 0 Å². The minimum Gasteiger partial charge on any atom is -0.493 e. The van der Waals surface area contributed by atoms with Crippen LogP contribution in [0.3, 0.4) is 0 Å². The topological polar surface area (TPSA) is 48.0 Å². The Kier molecular flexibility index (Phi) is 8.93. The second-order valence-electron chi connectivity index (χ2n) is 7.58. The third-order valence-electron chi connectivity index (χ3n) is 4.95. The number of rotatable bonds is 10. The zero-order valence-corrected chi connectivity index (χ0v) is 20.7. The Morgan fingerprint density at radius 2 is 1.59 bits per heavy atom. The number of hydrogen-bond donors (Lipinski definition) is 0. The van der Waals surface area contributed by atoms with Gasteiger partial charge in [0.2, 0.25) is 0 Å². The van der Waals surface area contributed by atoms with E-state index in [9.17, 15) is 4.79 Å². The van der Waals surface area contributed by atoms with Crippen LogP contribution < -0.4 is 9.47 Å². The van der Waals surface area contributed by atoms with Gasteiger partial charge in [0.15, 0.2) is 11.5 Å². The van der Waals surface area contributed by atoms with E-state index in [1.807, 2.05) is 67.7 Å². The summed E-state index contributed by atoms with van der Waals surface area (Å²) in [5.74, 6) is 0.949. The number of benzene rings is 3. The summed E-state index contributed by atoms with van der Waals surface area (Å²) in [5.41, 5.74) is 3.16. The molecule has 0 N–H and O–H groups in total. The predicted molar refractivity (Wildman–Crippen MR) is 134 cm³/mol. The maximum Gasteiger partial charge on any atom is 0.303 e. The van der Waals surface area contributed by atoms with Gasteiger partial charge in [-0.15, -0.1) is 0 Å². The molecule has 168 valence electrons. The van der Waals surface area contributed by atoms with Crippen molar-refractivity contribution >= 4 is 28.6 Å². The van der Waals surface area contributed by atoms with Crippen molar-refractivity contribution in [3.05, 3.63) is 93.1 Å². The molecule has 5 nitrogen and oxygen atoms in total. The Morgan fingerprint density at radius 1 is 0.969 bits per heavy atom. The molecule has 0 aliphatic heterocycles. The van der Waals surface area contributed by atoms with Crippen LogP contribution in [0, 0.1) is 3.57 Å². The van der Waals surface area contributed by atoms with Gasteiger partial charge in [0.1, 0.15) is 12.7 Å². The number of hydrogen-bond acceptors (Lipinski definition) is 5. The zero-order valence-electron chi connectivity index (χ0n) is 18.6. The van der Waals surface area contributed by atoms with Gasteiger partial charge in [-0.2, -0.15) is 0 Å². The highest BCUT2D eigenvalue weighted by Gasteiger charge is 2.23. The van der Waals surface area contributed by atoms with Crippen molar-refractivity contribution in [3.8, 4) is 11.5 Å². The Bertz CT molecular complexity index is 1010. The number of ether oxygens (including phenoxy) is 3. The lowest BCUT2D eigenvalue weighted by Gasteiger charge is -2.26. The fourth-order valence-electron chi connectivity index (χ4n) is 3.45. The van der Waals surface area contributed by atoms with Crippen LogP contribution in [-0.2, 0) is 22.7 Å². The van der Waals surface area contributed by atoms with Crippen LogP contribution in [0.15, 0.2) is 72.8 Å². The minimum absolute atomic E-state index is 0.318. The monoisotopic (exact) mass is 545 g/mol. The highest BCUT2D eigenvalue weighted by Crippen LogP contribution is 2.36. The molecule has 6 heteroatoms. The molecule has 0 spiro atoms. The largest absolute Gasteiger partial charge is 0.493 e. The van der Waals surface area contributed by atoms with E-state index in [1.54, 1.807) is 7.11 Å². The van der Waals surface area contributed by atoms with E-state index < -0.39 is 6.10 Å². The molecule has 32 heavy (non-hydrogen) atoms. The van der Waals surface area contributed by atoms with E-state index >= 15 is 0 Å². The summed E-state index contributed by atoms with van der Waals surface area (Å²) in [6.45, 7) is 3.16. The van der Waals surface area contributed by atoms with Gasteiger partial charge in [0.25, 0.3) is 0 Å². The first-order chi connectivity index (χ1) is 15.5. The quantitative estimate of drug-likeness (QED) is 0.245. The first-order valence-electron chi connectivity index (χ1n) is 10.4. The summed E-state index contributed by atoms with van der Waals surface area (Å²) >= 11 is 2.25. The molecular formula is C26H28INO4. The van der Waals surface area contributed by atoms with Crippen LogP contribution in [0.2, 0.25) is 0 Å². The van der Waals surface area contributed by atoms with E-state index in [-0.39, 0.29) is 5.97 Å². The molecule has 0 amide bonds. The Hall–Kier alpha value is -2.58. The molecule has 3 aromatic rings. The van der Waals surface area contributed by atoms with Gasteiger partial charge in [0.05, 0.1) is 7.11 Å². The third-order valence-corrected chi connectivity index (χ3v) is 5.88. The van der Waals surface area contributed by atoms with E-state index in [2.05, 4.69) is 39.6 Å². The van der Waals surface area contributed by atoms with Gasteiger partial charge in [-0.25, -0.2) is 0 Å². The number of halogens is 1. The molecule has 3 aromatic carbocycles. The lowest BCUT2D eigenvalue weighted by atomic mass is 10.1. The Balaban J connectivity index is 1.83. The van der Waals surface area contributed by atoms with Crippen LogP contribution in [-0.4, -0.2) is 31.6 Å². The first-order valence-corrected chi connectivity index (χ1v) is 11.5. The van der Waals surface area contributed by atoms with Crippen molar-refractivity contribution in [2.45, 2.75) is 26.2 Å². The van der Waals surface area contributed by atoms with Crippen LogP contribution in [0.25, 0.3) is 0 Å². The summed E-state index contributed by atoms with van der Waals surface area (Å²) in [7, 11) is 3.64. The summed E-state index contributed by atoms with van der Waals surface area (Å²) < 4.78 is 18.3. The highest BCUT2D eigenvalue weighted by atomic mass is 127. The molecule has 0 fully saturated rings. The number of carbonyl (C=O) groups is 1. The van der Waals surface area contributed by atoms with E-state index in [4.69, 9.17) is 14.2 Å². The third kappa shape index (κ3) is 6.97. The van der Waals surface area contributed by atoms with Gasteiger partial charge >= 0.3 is 5.97 Å². The summed E-state index contributed by atoms with van der Waals surface area (Å²) in [6, 6.07) is 24.0. The molecule has 0 aromatic heterocycles. The van der Waals surface area contributed by atoms with Gasteiger partial charge < -0.3 is 14.2 Å². The average molecular weight is 545 g/mol. The molecule has 0 radical (unpaired) electrons. The zero-order chi connectivity index (χ0) is 22.9. The summed E-state index contributed by atoms with van der Waals surface area (Å²) in [5, 5.41) is 0. The Labute approximate surface area is 203 Å². The maximum atomic E-state index is 11.9. The van der Waals surface area contributed by atoms with Crippen molar-refractivity contribution < 1.29 is 19.0 Å². The first kappa shape index (κ1) is 24.1. The maximum absolute atomic E-state index is 11.9. The second kappa shape index (κ2) is 11.9. The number of methoxy groups -OCH3 is 1. The van der Waals surface area contributed by atoms with Crippen molar-refractivity contribution in [1.29, 1.82) is 0 Å². The average Bonchev–Trinajstić information content (AvgIpc) is 2.78. The molecule has 0 bridgehead atoms. The standard InChI is InChI=1S/C26H28INO4/c1-19(29)32-26(17-28(2)16-20-10-6-4-7-11-20)22-14-25(24(30-3)15-23(22)27)31-18-21-12-8-5-9-13-21/h4-15,26H,16-18H2,1-3H3. The van der Waals surface area contributed by atoms with Crippen molar-refractivity contribution in [1.82, 2.24) is 4.90 Å². The number of carbonyl (C=O) groups excluding carboxylic acids is 1.